The Bertz CT molecular complexity index is 957. The molecule has 3 nitrogen and oxygen atoms in total. The van der Waals surface area contributed by atoms with E-state index >= 15 is 0 Å². The Morgan fingerprint density at radius 3 is 2.83 bits per heavy atom. The highest BCUT2D eigenvalue weighted by Crippen LogP contribution is 2.32. The molecular formula is C17H14FN3S2. The molecule has 0 fully saturated rings. The van der Waals surface area contributed by atoms with Crippen molar-refractivity contribution in [1.29, 1.82) is 0 Å². The van der Waals surface area contributed by atoms with Crippen LogP contribution >= 0.6 is 23.1 Å². The molecule has 0 saturated carbocycles. The summed E-state index contributed by atoms with van der Waals surface area (Å²) < 4.78 is 18.2. The number of thioether (sulfide) groups is 1. The second-order valence-electron chi connectivity index (χ2n) is 5.12. The van der Waals surface area contributed by atoms with Gasteiger partial charge in [0.05, 0.1) is 21.5 Å². The molecule has 0 atom stereocenters. The van der Waals surface area contributed by atoms with Gasteiger partial charge in [0.25, 0.3) is 0 Å². The van der Waals surface area contributed by atoms with E-state index in [2.05, 4.69) is 27.5 Å². The van der Waals surface area contributed by atoms with Gasteiger partial charge < -0.3 is 4.57 Å². The van der Waals surface area contributed by atoms with Gasteiger partial charge in [-0.25, -0.2) is 14.4 Å². The van der Waals surface area contributed by atoms with Crippen LogP contribution in [0.3, 0.4) is 0 Å². The van der Waals surface area contributed by atoms with E-state index in [0.29, 0.717) is 11.3 Å². The van der Waals surface area contributed by atoms with Gasteiger partial charge in [0.2, 0.25) is 0 Å². The number of hydrogen-bond donors (Lipinski definition) is 0. The lowest BCUT2D eigenvalue weighted by Crippen LogP contribution is -2.00. The van der Waals surface area contributed by atoms with E-state index in [1.165, 1.54) is 10.8 Å². The van der Waals surface area contributed by atoms with Crippen molar-refractivity contribution in [2.24, 2.45) is 0 Å². The minimum Gasteiger partial charge on any atom is -0.327 e. The number of aromatic nitrogens is 3. The number of imidazole rings is 1. The maximum atomic E-state index is 13.9. The Morgan fingerprint density at radius 2 is 2.00 bits per heavy atom. The van der Waals surface area contributed by atoms with Gasteiger partial charge in [0, 0.05) is 6.54 Å². The lowest BCUT2D eigenvalue weighted by Gasteiger charge is -2.04. The Hall–Kier alpha value is -1.92. The van der Waals surface area contributed by atoms with Gasteiger partial charge in [-0.1, -0.05) is 30.0 Å². The van der Waals surface area contributed by atoms with Gasteiger partial charge in [0.15, 0.2) is 10.2 Å². The first-order chi connectivity index (χ1) is 11.3. The molecule has 23 heavy (non-hydrogen) atoms. The Balaban J connectivity index is 1.65. The summed E-state index contributed by atoms with van der Waals surface area (Å²) in [6.45, 7) is 2.83. The minimum absolute atomic E-state index is 0.263. The maximum absolute atomic E-state index is 13.9. The monoisotopic (exact) mass is 343 g/mol. The number of fused-ring (bicyclic) bond motifs is 2. The quantitative estimate of drug-likeness (QED) is 0.483. The van der Waals surface area contributed by atoms with Crippen LogP contribution in [-0.4, -0.2) is 14.5 Å². The molecule has 2 aromatic carbocycles. The number of aryl methyl sites for hydroxylation is 1. The average molecular weight is 343 g/mol. The Labute approximate surface area is 141 Å². The predicted octanol–water partition coefficient (Wildman–Crippen LogP) is 5.10. The smallest absolute Gasteiger partial charge is 0.151 e. The fourth-order valence-corrected chi connectivity index (χ4v) is 4.68. The minimum atomic E-state index is -0.263. The first kappa shape index (κ1) is 14.7. The summed E-state index contributed by atoms with van der Waals surface area (Å²) >= 11 is 3.33. The molecule has 0 amide bonds. The molecule has 0 unspecified atom stereocenters. The zero-order valence-corrected chi connectivity index (χ0v) is 14.1. The van der Waals surface area contributed by atoms with Crippen LogP contribution < -0.4 is 0 Å². The number of para-hydroxylation sites is 2. The molecule has 0 aliphatic rings. The Kier molecular flexibility index (Phi) is 3.79. The maximum Gasteiger partial charge on any atom is 0.151 e. The van der Waals surface area contributed by atoms with Crippen LogP contribution in [-0.2, 0) is 12.3 Å². The number of hydrogen-bond acceptors (Lipinski definition) is 4. The zero-order chi connectivity index (χ0) is 15.8. The molecule has 0 saturated heterocycles. The summed E-state index contributed by atoms with van der Waals surface area (Å²) in [7, 11) is 0. The third-order valence-electron chi connectivity index (χ3n) is 3.72. The van der Waals surface area contributed by atoms with Crippen LogP contribution in [0.4, 0.5) is 4.39 Å². The van der Waals surface area contributed by atoms with Crippen LogP contribution in [0, 0.1) is 5.82 Å². The van der Waals surface area contributed by atoms with Gasteiger partial charge in [-0.15, -0.1) is 11.3 Å². The highest BCUT2D eigenvalue weighted by atomic mass is 32.2. The van der Waals surface area contributed by atoms with Gasteiger partial charge in [-0.05, 0) is 31.2 Å². The summed E-state index contributed by atoms with van der Waals surface area (Å²) in [4.78, 5) is 9.12. The number of benzene rings is 2. The van der Waals surface area contributed by atoms with Crippen LogP contribution in [0.15, 0.2) is 46.8 Å². The number of thiazole rings is 1. The van der Waals surface area contributed by atoms with Gasteiger partial charge in [0.1, 0.15) is 11.3 Å². The fraction of sp³-hybridized carbons (Fsp3) is 0.176. The highest BCUT2D eigenvalue weighted by Gasteiger charge is 2.13. The average Bonchev–Trinajstić information content (AvgIpc) is 3.14. The number of nitrogens with zero attached hydrogens (tertiary/aromatic N) is 3. The second-order valence-corrected chi connectivity index (χ2v) is 7.37. The molecule has 0 N–H and O–H groups in total. The summed E-state index contributed by atoms with van der Waals surface area (Å²) in [6.07, 6.45) is 0. The van der Waals surface area contributed by atoms with Crippen molar-refractivity contribution in [1.82, 2.24) is 14.5 Å². The van der Waals surface area contributed by atoms with E-state index in [1.807, 2.05) is 24.3 Å². The molecule has 2 heterocycles. The van der Waals surface area contributed by atoms with Gasteiger partial charge in [-0.3, -0.25) is 0 Å². The number of halogens is 1. The lowest BCUT2D eigenvalue weighted by atomic mass is 10.3. The van der Waals surface area contributed by atoms with E-state index in [9.17, 15) is 4.39 Å². The summed E-state index contributed by atoms with van der Waals surface area (Å²) in [5.74, 6) is 1.31. The highest BCUT2D eigenvalue weighted by molar-refractivity contribution is 8.00. The number of rotatable bonds is 4. The SMILES string of the molecule is CCn1c(CSc2nc3ccccc3s2)nc2c(F)cccc21. The lowest BCUT2D eigenvalue weighted by molar-refractivity contribution is 0.637. The molecule has 4 aromatic rings. The summed E-state index contributed by atoms with van der Waals surface area (Å²) in [5.41, 5.74) is 2.33. The van der Waals surface area contributed by atoms with Crippen molar-refractivity contribution in [3.8, 4) is 0 Å². The van der Waals surface area contributed by atoms with E-state index in [1.54, 1.807) is 29.2 Å². The molecule has 0 radical (unpaired) electrons. The predicted molar refractivity (Wildman–Crippen MR) is 94.5 cm³/mol. The molecule has 2 aromatic heterocycles. The molecular weight excluding hydrogens is 329 g/mol. The van der Waals surface area contributed by atoms with Gasteiger partial charge >= 0.3 is 0 Å². The summed E-state index contributed by atoms with van der Waals surface area (Å²) in [6, 6.07) is 13.2. The zero-order valence-electron chi connectivity index (χ0n) is 12.5. The van der Waals surface area contributed by atoms with Crippen LogP contribution in [0.1, 0.15) is 12.7 Å². The van der Waals surface area contributed by atoms with E-state index in [-0.39, 0.29) is 5.82 Å². The van der Waals surface area contributed by atoms with Crippen LogP contribution in [0.2, 0.25) is 0 Å². The Morgan fingerprint density at radius 1 is 1.13 bits per heavy atom. The van der Waals surface area contributed by atoms with Crippen molar-refractivity contribution >= 4 is 44.3 Å². The van der Waals surface area contributed by atoms with Crippen molar-refractivity contribution in [2.75, 3.05) is 0 Å². The molecule has 4 rings (SSSR count). The second kappa shape index (κ2) is 5.94. The first-order valence-corrected chi connectivity index (χ1v) is 9.18. The molecule has 0 spiro atoms. The van der Waals surface area contributed by atoms with E-state index in [0.717, 1.165) is 27.7 Å². The largest absolute Gasteiger partial charge is 0.327 e. The van der Waals surface area contributed by atoms with Crippen molar-refractivity contribution in [3.05, 3.63) is 54.1 Å². The standard InChI is InChI=1S/C17H14FN3S2/c1-2-21-13-8-5-6-11(18)16(13)20-15(21)10-22-17-19-12-7-3-4-9-14(12)23-17/h3-9H,2,10H2,1H3. The topological polar surface area (TPSA) is 30.7 Å². The van der Waals surface area contributed by atoms with Crippen molar-refractivity contribution in [3.63, 3.8) is 0 Å². The van der Waals surface area contributed by atoms with E-state index in [4.69, 9.17) is 0 Å². The third-order valence-corrected chi connectivity index (χ3v) is 5.90. The molecule has 6 heteroatoms. The molecule has 0 aliphatic carbocycles. The van der Waals surface area contributed by atoms with Crippen LogP contribution in [0.5, 0.6) is 0 Å². The molecule has 116 valence electrons. The molecule has 0 bridgehead atoms. The van der Waals surface area contributed by atoms with Crippen molar-refractivity contribution in [2.45, 2.75) is 23.6 Å². The normalized spacial score (nSPS) is 11.6. The van der Waals surface area contributed by atoms with Gasteiger partial charge in [-0.2, -0.15) is 0 Å². The third kappa shape index (κ3) is 2.62. The first-order valence-electron chi connectivity index (χ1n) is 7.38. The van der Waals surface area contributed by atoms with Crippen molar-refractivity contribution < 1.29 is 4.39 Å². The molecule has 0 aliphatic heterocycles. The fourth-order valence-electron chi connectivity index (χ4n) is 2.66. The van der Waals surface area contributed by atoms with E-state index < -0.39 is 0 Å². The van der Waals surface area contributed by atoms with Crippen LogP contribution in [0.25, 0.3) is 21.3 Å². The summed E-state index contributed by atoms with van der Waals surface area (Å²) in [5, 5.41) is 0.